The van der Waals surface area contributed by atoms with Crippen LogP contribution in [0.25, 0.3) is 6.08 Å². The van der Waals surface area contributed by atoms with Crippen molar-refractivity contribution in [2.75, 3.05) is 5.32 Å². The van der Waals surface area contributed by atoms with Crippen molar-refractivity contribution in [1.82, 2.24) is 0 Å². The van der Waals surface area contributed by atoms with E-state index in [1.54, 1.807) is 42.5 Å². The first-order valence-electron chi connectivity index (χ1n) is 5.33. The zero-order valence-corrected chi connectivity index (χ0v) is 10.2. The molecule has 0 spiro atoms. The van der Waals surface area contributed by atoms with Gasteiger partial charge < -0.3 is 10.4 Å². The SMILES string of the molecule is N#CC(C#N)=C(C#N)Nc1ccc(C=CC(=O)O)cc1. The second kappa shape index (κ2) is 7.00. The standard InChI is InChI=1S/C14H8N4O2/c15-7-11(8-16)13(9-17)18-12-4-1-10(2-5-12)3-6-14(19)20/h1-6,18H,(H,19,20). The molecule has 0 bridgehead atoms. The maximum atomic E-state index is 10.4. The lowest BCUT2D eigenvalue weighted by atomic mass is 10.2. The Kier molecular flexibility index (Phi) is 5.08. The number of hydrogen-bond acceptors (Lipinski definition) is 5. The van der Waals surface area contributed by atoms with E-state index in [4.69, 9.17) is 20.9 Å². The van der Waals surface area contributed by atoms with E-state index in [0.717, 1.165) is 6.08 Å². The predicted octanol–water partition coefficient (Wildman–Crippen LogP) is 2.02. The van der Waals surface area contributed by atoms with E-state index in [0.29, 0.717) is 11.3 Å². The van der Waals surface area contributed by atoms with Gasteiger partial charge in [-0.25, -0.2) is 4.79 Å². The lowest BCUT2D eigenvalue weighted by molar-refractivity contribution is -0.131. The van der Waals surface area contributed by atoms with Crippen LogP contribution in [0.2, 0.25) is 0 Å². The fourth-order valence-electron chi connectivity index (χ4n) is 1.27. The zero-order valence-electron chi connectivity index (χ0n) is 10.2. The van der Waals surface area contributed by atoms with Gasteiger partial charge in [-0.05, 0) is 23.8 Å². The molecule has 0 aliphatic heterocycles. The summed E-state index contributed by atoms with van der Waals surface area (Å²) < 4.78 is 0. The topological polar surface area (TPSA) is 121 Å². The molecule has 20 heavy (non-hydrogen) atoms. The van der Waals surface area contributed by atoms with Gasteiger partial charge in [0, 0.05) is 11.8 Å². The van der Waals surface area contributed by atoms with Crippen LogP contribution in [-0.4, -0.2) is 11.1 Å². The van der Waals surface area contributed by atoms with Crippen LogP contribution in [0, 0.1) is 34.0 Å². The van der Waals surface area contributed by atoms with Crippen molar-refractivity contribution < 1.29 is 9.90 Å². The third-order valence-electron chi connectivity index (χ3n) is 2.18. The number of carboxylic acids is 1. The van der Waals surface area contributed by atoms with E-state index in [1.165, 1.54) is 6.08 Å². The van der Waals surface area contributed by atoms with Gasteiger partial charge in [-0.2, -0.15) is 15.8 Å². The van der Waals surface area contributed by atoms with Crippen LogP contribution < -0.4 is 5.32 Å². The number of carboxylic acid groups (broad SMARTS) is 1. The van der Waals surface area contributed by atoms with Crippen molar-refractivity contribution in [2.45, 2.75) is 0 Å². The molecule has 6 heteroatoms. The minimum absolute atomic E-state index is 0.135. The van der Waals surface area contributed by atoms with E-state index in [2.05, 4.69) is 5.32 Å². The summed E-state index contributed by atoms with van der Waals surface area (Å²) in [6, 6.07) is 11.5. The number of nitrogens with zero attached hydrogens (tertiary/aromatic N) is 3. The molecule has 0 heterocycles. The Morgan fingerprint density at radius 3 is 2.15 bits per heavy atom. The highest BCUT2D eigenvalue weighted by molar-refractivity contribution is 5.85. The van der Waals surface area contributed by atoms with E-state index < -0.39 is 5.97 Å². The second-order valence-electron chi connectivity index (χ2n) is 3.50. The summed E-state index contributed by atoms with van der Waals surface area (Å²) in [5, 5.41) is 37.4. The summed E-state index contributed by atoms with van der Waals surface area (Å²) in [6.45, 7) is 0. The second-order valence-corrected chi connectivity index (χ2v) is 3.50. The van der Waals surface area contributed by atoms with Gasteiger partial charge in [-0.15, -0.1) is 0 Å². The monoisotopic (exact) mass is 264 g/mol. The van der Waals surface area contributed by atoms with Gasteiger partial charge in [-0.3, -0.25) is 0 Å². The van der Waals surface area contributed by atoms with Crippen LogP contribution in [0.4, 0.5) is 5.69 Å². The molecule has 1 aromatic carbocycles. The van der Waals surface area contributed by atoms with Crippen molar-refractivity contribution in [2.24, 2.45) is 0 Å². The van der Waals surface area contributed by atoms with E-state index in [1.807, 2.05) is 0 Å². The molecular weight excluding hydrogens is 256 g/mol. The number of nitrogens with one attached hydrogen (secondary N) is 1. The van der Waals surface area contributed by atoms with Crippen LogP contribution >= 0.6 is 0 Å². The molecule has 0 aliphatic rings. The van der Waals surface area contributed by atoms with Gasteiger partial charge in [0.05, 0.1) is 0 Å². The quantitative estimate of drug-likeness (QED) is 0.633. The number of carbonyl (C=O) groups is 1. The lowest BCUT2D eigenvalue weighted by Crippen LogP contribution is -2.00. The smallest absolute Gasteiger partial charge is 0.328 e. The van der Waals surface area contributed by atoms with Crippen molar-refractivity contribution in [3.8, 4) is 18.2 Å². The fourth-order valence-corrected chi connectivity index (χ4v) is 1.27. The summed E-state index contributed by atoms with van der Waals surface area (Å²) in [6.07, 6.45) is 2.43. The van der Waals surface area contributed by atoms with Gasteiger partial charge >= 0.3 is 5.97 Å². The molecule has 0 saturated carbocycles. The zero-order chi connectivity index (χ0) is 15.0. The van der Waals surface area contributed by atoms with E-state index >= 15 is 0 Å². The van der Waals surface area contributed by atoms with Gasteiger partial charge in [0.25, 0.3) is 0 Å². The number of rotatable bonds is 4. The molecule has 1 rings (SSSR count). The van der Waals surface area contributed by atoms with Crippen molar-refractivity contribution >= 4 is 17.7 Å². The minimum Gasteiger partial charge on any atom is -0.478 e. The van der Waals surface area contributed by atoms with E-state index in [9.17, 15) is 4.79 Å². The summed E-state index contributed by atoms with van der Waals surface area (Å²) in [5.74, 6) is -1.05. The highest BCUT2D eigenvalue weighted by atomic mass is 16.4. The Morgan fingerprint density at radius 1 is 1.10 bits per heavy atom. The summed E-state index contributed by atoms with van der Waals surface area (Å²) in [5.41, 5.74) is 0.740. The molecule has 6 nitrogen and oxygen atoms in total. The van der Waals surface area contributed by atoms with Gasteiger partial charge in [0.2, 0.25) is 0 Å². The third kappa shape index (κ3) is 4.03. The molecule has 0 amide bonds. The van der Waals surface area contributed by atoms with Gasteiger partial charge in [0.1, 0.15) is 23.9 Å². The van der Waals surface area contributed by atoms with Crippen LogP contribution in [-0.2, 0) is 4.79 Å². The van der Waals surface area contributed by atoms with Crippen LogP contribution in [0.3, 0.4) is 0 Å². The van der Waals surface area contributed by atoms with Gasteiger partial charge in [0.15, 0.2) is 5.57 Å². The maximum absolute atomic E-state index is 10.4. The van der Waals surface area contributed by atoms with Crippen molar-refractivity contribution in [1.29, 1.82) is 15.8 Å². The number of allylic oxidation sites excluding steroid dienone is 2. The normalized spacial score (nSPS) is 9.05. The highest BCUT2D eigenvalue weighted by Crippen LogP contribution is 2.14. The highest BCUT2D eigenvalue weighted by Gasteiger charge is 2.05. The first kappa shape index (κ1) is 14.5. The molecular formula is C14H8N4O2. The largest absolute Gasteiger partial charge is 0.478 e. The van der Waals surface area contributed by atoms with Crippen LogP contribution in [0.1, 0.15) is 5.56 Å². The van der Waals surface area contributed by atoms with Crippen LogP contribution in [0.15, 0.2) is 41.6 Å². The van der Waals surface area contributed by atoms with Crippen molar-refractivity contribution in [3.63, 3.8) is 0 Å². The molecule has 0 fully saturated rings. The first-order valence-corrected chi connectivity index (χ1v) is 5.33. The molecule has 0 aliphatic carbocycles. The fraction of sp³-hybridized carbons (Fsp3) is 0. The summed E-state index contributed by atoms with van der Waals surface area (Å²) in [4.78, 5) is 10.4. The number of aliphatic carboxylic acids is 1. The van der Waals surface area contributed by atoms with Crippen molar-refractivity contribution in [3.05, 3.63) is 47.2 Å². The summed E-state index contributed by atoms with van der Waals surface area (Å²) in [7, 11) is 0. The van der Waals surface area contributed by atoms with Crippen LogP contribution in [0.5, 0.6) is 0 Å². The molecule has 0 radical (unpaired) electrons. The maximum Gasteiger partial charge on any atom is 0.328 e. The van der Waals surface area contributed by atoms with Gasteiger partial charge in [-0.1, -0.05) is 12.1 Å². The Balaban J connectivity index is 2.94. The molecule has 96 valence electrons. The van der Waals surface area contributed by atoms with E-state index in [-0.39, 0.29) is 11.3 Å². The predicted molar refractivity (Wildman–Crippen MR) is 70.6 cm³/mol. The Bertz CT molecular complexity index is 679. The Hall–Kier alpha value is -3.56. The molecule has 0 unspecified atom stereocenters. The average molecular weight is 264 g/mol. The molecule has 1 aromatic rings. The Morgan fingerprint density at radius 2 is 1.70 bits per heavy atom. The molecule has 0 aromatic heterocycles. The number of anilines is 1. The lowest BCUT2D eigenvalue weighted by Gasteiger charge is -2.04. The number of nitriles is 3. The molecule has 0 saturated heterocycles. The number of benzene rings is 1. The Labute approximate surface area is 115 Å². The minimum atomic E-state index is -1.05. The first-order chi connectivity index (χ1) is 9.60. The third-order valence-corrected chi connectivity index (χ3v) is 2.18. The summed E-state index contributed by atoms with van der Waals surface area (Å²) >= 11 is 0. The molecule has 2 N–H and O–H groups in total. The number of hydrogen-bond donors (Lipinski definition) is 2. The average Bonchev–Trinajstić information content (AvgIpc) is 2.46. The molecule has 0 atom stereocenters.